The van der Waals surface area contributed by atoms with Crippen LogP contribution >= 0.6 is 0 Å². The molecule has 3 heteroatoms. The lowest BCUT2D eigenvalue weighted by molar-refractivity contribution is 0.0920. The van der Waals surface area contributed by atoms with Crippen LogP contribution in [0, 0.1) is 5.92 Å². The fraction of sp³-hybridized carbons (Fsp3) is 0.400. The van der Waals surface area contributed by atoms with E-state index in [4.69, 9.17) is 0 Å². The molecule has 1 aromatic heterocycles. The van der Waals surface area contributed by atoms with Crippen molar-refractivity contribution in [3.63, 3.8) is 0 Å². The molecule has 0 aliphatic carbocycles. The van der Waals surface area contributed by atoms with Crippen LogP contribution in [0.15, 0.2) is 30.3 Å². The largest absolute Gasteiger partial charge is 0.351 e. The summed E-state index contributed by atoms with van der Waals surface area (Å²) in [7, 11) is 0. The van der Waals surface area contributed by atoms with E-state index in [-0.39, 0.29) is 11.9 Å². The smallest absolute Gasteiger partial charge is 0.267 e. The molecule has 18 heavy (non-hydrogen) atoms. The molecular weight excluding hydrogens is 224 g/mol. The van der Waals surface area contributed by atoms with E-state index in [1.165, 1.54) is 0 Å². The number of aromatic nitrogens is 1. The molecule has 0 aliphatic rings. The summed E-state index contributed by atoms with van der Waals surface area (Å²) >= 11 is 0. The third kappa shape index (κ3) is 2.55. The van der Waals surface area contributed by atoms with Crippen molar-refractivity contribution < 1.29 is 4.79 Å². The molecule has 1 amide bonds. The van der Waals surface area contributed by atoms with Gasteiger partial charge in [-0.1, -0.05) is 39.0 Å². The van der Waals surface area contributed by atoms with Crippen LogP contribution in [-0.2, 0) is 0 Å². The van der Waals surface area contributed by atoms with E-state index in [1.807, 2.05) is 30.3 Å². The average Bonchev–Trinajstić information content (AvgIpc) is 2.79. The Hall–Kier alpha value is -1.77. The first-order valence-corrected chi connectivity index (χ1v) is 6.50. The Morgan fingerprint density at radius 3 is 2.67 bits per heavy atom. The molecule has 0 bridgehead atoms. The molecule has 1 atom stereocenters. The van der Waals surface area contributed by atoms with Crippen LogP contribution in [0.4, 0.5) is 0 Å². The van der Waals surface area contributed by atoms with E-state index in [2.05, 4.69) is 31.1 Å². The minimum atomic E-state index is -0.0215. The number of benzene rings is 1. The number of H-pyrrole nitrogens is 1. The first kappa shape index (κ1) is 12.7. The molecule has 0 spiro atoms. The number of hydrogen-bond donors (Lipinski definition) is 2. The van der Waals surface area contributed by atoms with Crippen molar-refractivity contribution in [3.8, 4) is 0 Å². The van der Waals surface area contributed by atoms with Crippen molar-refractivity contribution in [1.29, 1.82) is 0 Å². The van der Waals surface area contributed by atoms with Crippen LogP contribution in [0.3, 0.4) is 0 Å². The number of carbonyl (C=O) groups excluding carboxylic acids is 1. The SMILES string of the molecule is CCC(NC(=O)c1cc2ccccc2[nH]1)C(C)C. The number of carbonyl (C=O) groups is 1. The Balaban J connectivity index is 2.18. The molecule has 1 unspecified atom stereocenters. The van der Waals surface area contributed by atoms with Crippen molar-refractivity contribution in [2.45, 2.75) is 33.2 Å². The van der Waals surface area contributed by atoms with Gasteiger partial charge >= 0.3 is 0 Å². The van der Waals surface area contributed by atoms with Crippen LogP contribution < -0.4 is 5.32 Å². The summed E-state index contributed by atoms with van der Waals surface area (Å²) in [6, 6.07) is 10.0. The van der Waals surface area contributed by atoms with Gasteiger partial charge in [-0.3, -0.25) is 4.79 Å². The van der Waals surface area contributed by atoms with Crippen LogP contribution in [0.1, 0.15) is 37.7 Å². The standard InChI is InChI=1S/C15H20N2O/c1-4-12(10(2)3)17-15(18)14-9-11-7-5-6-8-13(11)16-14/h5-10,12,16H,4H2,1-3H3,(H,17,18). The quantitative estimate of drug-likeness (QED) is 0.851. The molecule has 96 valence electrons. The van der Waals surface area contributed by atoms with Crippen molar-refractivity contribution in [2.75, 3.05) is 0 Å². The highest BCUT2D eigenvalue weighted by Gasteiger charge is 2.16. The van der Waals surface area contributed by atoms with Crippen LogP contribution in [-0.4, -0.2) is 16.9 Å². The van der Waals surface area contributed by atoms with Crippen LogP contribution in [0.5, 0.6) is 0 Å². The van der Waals surface area contributed by atoms with Crippen molar-refractivity contribution >= 4 is 16.8 Å². The highest BCUT2D eigenvalue weighted by molar-refractivity contribution is 5.98. The predicted molar refractivity (Wildman–Crippen MR) is 74.7 cm³/mol. The lowest BCUT2D eigenvalue weighted by Gasteiger charge is -2.20. The summed E-state index contributed by atoms with van der Waals surface area (Å²) < 4.78 is 0. The van der Waals surface area contributed by atoms with E-state index in [1.54, 1.807) is 0 Å². The van der Waals surface area contributed by atoms with Gasteiger partial charge in [0, 0.05) is 16.9 Å². The van der Waals surface area contributed by atoms with Gasteiger partial charge in [0.15, 0.2) is 0 Å². The summed E-state index contributed by atoms with van der Waals surface area (Å²) in [5.41, 5.74) is 1.63. The number of rotatable bonds is 4. The van der Waals surface area contributed by atoms with E-state index < -0.39 is 0 Å². The Bertz CT molecular complexity index is 509. The van der Waals surface area contributed by atoms with E-state index in [9.17, 15) is 4.79 Å². The Kier molecular flexibility index (Phi) is 3.70. The van der Waals surface area contributed by atoms with Crippen molar-refractivity contribution in [2.24, 2.45) is 5.92 Å². The fourth-order valence-electron chi connectivity index (χ4n) is 2.18. The van der Waals surface area contributed by atoms with Gasteiger partial charge in [-0.25, -0.2) is 0 Å². The van der Waals surface area contributed by atoms with Crippen molar-refractivity contribution in [1.82, 2.24) is 10.3 Å². The highest BCUT2D eigenvalue weighted by Crippen LogP contribution is 2.15. The van der Waals surface area contributed by atoms with Gasteiger partial charge in [0.1, 0.15) is 5.69 Å². The molecule has 1 aromatic carbocycles. The third-order valence-corrected chi connectivity index (χ3v) is 3.34. The molecule has 3 nitrogen and oxygen atoms in total. The monoisotopic (exact) mass is 244 g/mol. The average molecular weight is 244 g/mol. The topological polar surface area (TPSA) is 44.9 Å². The summed E-state index contributed by atoms with van der Waals surface area (Å²) in [5.74, 6) is 0.426. The van der Waals surface area contributed by atoms with E-state index in [0.717, 1.165) is 17.3 Å². The predicted octanol–water partition coefficient (Wildman–Crippen LogP) is 3.33. The van der Waals surface area contributed by atoms with Crippen LogP contribution in [0.25, 0.3) is 10.9 Å². The summed E-state index contributed by atoms with van der Waals surface area (Å²) in [6.07, 6.45) is 0.948. The molecule has 0 aliphatic heterocycles. The van der Waals surface area contributed by atoms with Gasteiger partial charge in [0.05, 0.1) is 0 Å². The number of hydrogen-bond acceptors (Lipinski definition) is 1. The molecule has 1 heterocycles. The molecule has 0 saturated heterocycles. The summed E-state index contributed by atoms with van der Waals surface area (Å²) in [6.45, 7) is 6.34. The molecule has 0 fully saturated rings. The molecule has 2 rings (SSSR count). The van der Waals surface area contributed by atoms with E-state index in [0.29, 0.717) is 11.6 Å². The van der Waals surface area contributed by atoms with Gasteiger partial charge in [-0.2, -0.15) is 0 Å². The zero-order valence-electron chi connectivity index (χ0n) is 11.2. The molecule has 2 aromatic rings. The first-order chi connectivity index (χ1) is 8.61. The van der Waals surface area contributed by atoms with E-state index >= 15 is 0 Å². The van der Waals surface area contributed by atoms with Gasteiger partial charge in [-0.05, 0) is 24.5 Å². The second-order valence-corrected chi connectivity index (χ2v) is 5.00. The second kappa shape index (κ2) is 5.25. The maximum atomic E-state index is 12.1. The van der Waals surface area contributed by atoms with Crippen molar-refractivity contribution in [3.05, 3.63) is 36.0 Å². The minimum Gasteiger partial charge on any atom is -0.351 e. The molecule has 0 saturated carbocycles. The zero-order chi connectivity index (χ0) is 13.1. The lowest BCUT2D eigenvalue weighted by atomic mass is 10.0. The Morgan fingerprint density at radius 1 is 1.33 bits per heavy atom. The number of amides is 1. The molecular formula is C15H20N2O. The lowest BCUT2D eigenvalue weighted by Crippen LogP contribution is -2.38. The maximum absolute atomic E-state index is 12.1. The van der Waals surface area contributed by atoms with Gasteiger partial charge in [0.25, 0.3) is 5.91 Å². The second-order valence-electron chi connectivity index (χ2n) is 5.00. The van der Waals surface area contributed by atoms with Gasteiger partial charge in [-0.15, -0.1) is 0 Å². The van der Waals surface area contributed by atoms with Crippen LogP contribution in [0.2, 0.25) is 0 Å². The van der Waals surface area contributed by atoms with Gasteiger partial charge in [0.2, 0.25) is 0 Å². The zero-order valence-corrected chi connectivity index (χ0v) is 11.2. The first-order valence-electron chi connectivity index (χ1n) is 6.50. The third-order valence-electron chi connectivity index (χ3n) is 3.34. The maximum Gasteiger partial charge on any atom is 0.267 e. The number of nitrogens with one attached hydrogen (secondary N) is 2. The number of fused-ring (bicyclic) bond motifs is 1. The Morgan fingerprint density at radius 2 is 2.06 bits per heavy atom. The number of aromatic amines is 1. The molecule has 2 N–H and O–H groups in total. The summed E-state index contributed by atoms with van der Waals surface area (Å²) in [5, 5.41) is 4.14. The highest BCUT2D eigenvalue weighted by atomic mass is 16.1. The van der Waals surface area contributed by atoms with Gasteiger partial charge < -0.3 is 10.3 Å². The molecule has 0 radical (unpaired) electrons. The number of para-hydroxylation sites is 1. The normalized spacial score (nSPS) is 12.9. The Labute approximate surface area is 108 Å². The summed E-state index contributed by atoms with van der Waals surface area (Å²) in [4.78, 5) is 15.3. The fourth-order valence-corrected chi connectivity index (χ4v) is 2.18. The minimum absolute atomic E-state index is 0.0215.